The van der Waals surface area contributed by atoms with Crippen LogP contribution >= 0.6 is 0 Å². The monoisotopic (exact) mass is 358 g/mol. The van der Waals surface area contributed by atoms with Crippen LogP contribution in [0, 0.1) is 17.5 Å². The topological polar surface area (TPSA) is 66.9 Å². The Kier molecular flexibility index (Phi) is 5.12. The maximum atomic E-state index is 13.6. The molecule has 2 N–H and O–H groups in total. The van der Waals surface area contributed by atoms with Crippen LogP contribution in [0.1, 0.15) is 16.1 Å². The van der Waals surface area contributed by atoms with Gasteiger partial charge in [0, 0.05) is 18.2 Å². The first kappa shape index (κ1) is 17.4. The van der Waals surface area contributed by atoms with Crippen molar-refractivity contribution in [2.75, 3.05) is 10.6 Å². The molecule has 1 amide bonds. The first-order valence-electron chi connectivity index (χ1n) is 7.60. The van der Waals surface area contributed by atoms with Crippen molar-refractivity contribution < 1.29 is 18.0 Å². The Morgan fingerprint density at radius 3 is 2.42 bits per heavy atom. The smallest absolute Gasteiger partial charge is 0.276 e. The summed E-state index contributed by atoms with van der Waals surface area (Å²) in [7, 11) is 0. The Labute approximate surface area is 146 Å². The average molecular weight is 358 g/mol. The molecule has 3 rings (SSSR count). The summed E-state index contributed by atoms with van der Waals surface area (Å²) in [5, 5.41) is 12.7. The third kappa shape index (κ3) is 4.15. The maximum absolute atomic E-state index is 13.6. The molecule has 0 saturated heterocycles. The summed E-state index contributed by atoms with van der Waals surface area (Å²) in [6.07, 6.45) is 0. The van der Waals surface area contributed by atoms with Crippen LogP contribution in [0.25, 0.3) is 0 Å². The molecule has 0 fully saturated rings. The minimum Gasteiger partial charge on any atom is -0.364 e. The first-order valence-corrected chi connectivity index (χ1v) is 7.60. The van der Waals surface area contributed by atoms with E-state index in [4.69, 9.17) is 0 Å². The van der Waals surface area contributed by atoms with Crippen LogP contribution in [-0.4, -0.2) is 16.1 Å². The van der Waals surface area contributed by atoms with E-state index in [1.165, 1.54) is 18.2 Å². The number of nitrogens with one attached hydrogen (secondary N) is 2. The predicted molar refractivity (Wildman–Crippen MR) is 90.1 cm³/mol. The molecular weight excluding hydrogens is 345 g/mol. The zero-order valence-electron chi connectivity index (χ0n) is 13.3. The third-order valence-corrected chi connectivity index (χ3v) is 3.49. The summed E-state index contributed by atoms with van der Waals surface area (Å²) < 4.78 is 40.0. The Bertz CT molecular complexity index is 932. The van der Waals surface area contributed by atoms with Gasteiger partial charge in [0.05, 0.1) is 5.69 Å². The van der Waals surface area contributed by atoms with Crippen molar-refractivity contribution in [2.45, 2.75) is 6.54 Å². The van der Waals surface area contributed by atoms with Gasteiger partial charge in [-0.1, -0.05) is 18.2 Å². The lowest BCUT2D eigenvalue weighted by molar-refractivity contribution is 0.102. The fourth-order valence-corrected chi connectivity index (χ4v) is 2.15. The maximum Gasteiger partial charge on any atom is 0.276 e. The molecule has 0 saturated carbocycles. The fraction of sp³-hybridized carbons (Fsp3) is 0.0556. The first-order chi connectivity index (χ1) is 12.5. The quantitative estimate of drug-likeness (QED) is 0.729. The van der Waals surface area contributed by atoms with Crippen LogP contribution in [0.5, 0.6) is 0 Å². The van der Waals surface area contributed by atoms with Crippen LogP contribution in [0.4, 0.5) is 24.7 Å². The molecule has 3 aromatic rings. The van der Waals surface area contributed by atoms with E-state index in [1.807, 2.05) is 0 Å². The number of anilines is 2. The van der Waals surface area contributed by atoms with E-state index in [0.29, 0.717) is 17.4 Å². The number of halogens is 3. The number of hydrogen-bond donors (Lipinski definition) is 2. The molecule has 0 unspecified atom stereocenters. The van der Waals surface area contributed by atoms with E-state index in [1.54, 1.807) is 18.2 Å². The number of nitrogens with zero attached hydrogens (tertiary/aromatic N) is 2. The molecule has 1 heterocycles. The molecule has 132 valence electrons. The molecule has 0 aliphatic heterocycles. The summed E-state index contributed by atoms with van der Waals surface area (Å²) in [4.78, 5) is 12.0. The van der Waals surface area contributed by atoms with E-state index < -0.39 is 17.5 Å². The van der Waals surface area contributed by atoms with Crippen molar-refractivity contribution in [1.29, 1.82) is 0 Å². The van der Waals surface area contributed by atoms with Gasteiger partial charge in [0.2, 0.25) is 0 Å². The zero-order chi connectivity index (χ0) is 18.5. The number of aromatic nitrogens is 2. The number of rotatable bonds is 5. The van der Waals surface area contributed by atoms with E-state index in [2.05, 4.69) is 20.8 Å². The van der Waals surface area contributed by atoms with Crippen molar-refractivity contribution in [3.8, 4) is 0 Å². The summed E-state index contributed by atoms with van der Waals surface area (Å²) in [5.41, 5.74) is 0.244. The lowest BCUT2D eigenvalue weighted by Crippen LogP contribution is -2.16. The van der Waals surface area contributed by atoms with Crippen molar-refractivity contribution in [1.82, 2.24) is 10.2 Å². The lowest BCUT2D eigenvalue weighted by atomic mass is 10.2. The average Bonchev–Trinajstić information content (AvgIpc) is 2.64. The van der Waals surface area contributed by atoms with Gasteiger partial charge < -0.3 is 10.6 Å². The second-order valence-electron chi connectivity index (χ2n) is 5.33. The fourth-order valence-electron chi connectivity index (χ4n) is 2.15. The highest BCUT2D eigenvalue weighted by molar-refractivity contribution is 6.02. The molecule has 26 heavy (non-hydrogen) atoms. The molecule has 0 atom stereocenters. The number of amides is 1. The highest BCUT2D eigenvalue weighted by Crippen LogP contribution is 2.16. The van der Waals surface area contributed by atoms with Gasteiger partial charge in [-0.05, 0) is 30.3 Å². The molecule has 1 aromatic heterocycles. The van der Waals surface area contributed by atoms with Gasteiger partial charge in [0.15, 0.2) is 5.69 Å². The van der Waals surface area contributed by atoms with Crippen molar-refractivity contribution in [3.05, 3.63) is 83.3 Å². The highest BCUT2D eigenvalue weighted by atomic mass is 19.1. The van der Waals surface area contributed by atoms with E-state index >= 15 is 0 Å². The largest absolute Gasteiger partial charge is 0.364 e. The van der Waals surface area contributed by atoms with Gasteiger partial charge >= 0.3 is 0 Å². The minimum atomic E-state index is -0.894. The van der Waals surface area contributed by atoms with Crippen LogP contribution in [0.2, 0.25) is 0 Å². The Balaban J connectivity index is 1.63. The molecule has 8 heteroatoms. The summed E-state index contributed by atoms with van der Waals surface area (Å²) >= 11 is 0. The Hall–Kier alpha value is -3.42. The Morgan fingerprint density at radius 2 is 1.73 bits per heavy atom. The number of benzene rings is 2. The van der Waals surface area contributed by atoms with Gasteiger partial charge in [-0.3, -0.25) is 4.79 Å². The molecule has 0 bridgehead atoms. The van der Waals surface area contributed by atoms with Crippen molar-refractivity contribution in [2.24, 2.45) is 0 Å². The van der Waals surface area contributed by atoms with Crippen molar-refractivity contribution in [3.63, 3.8) is 0 Å². The van der Waals surface area contributed by atoms with Gasteiger partial charge in [-0.25, -0.2) is 13.2 Å². The zero-order valence-corrected chi connectivity index (χ0v) is 13.3. The van der Waals surface area contributed by atoms with Crippen LogP contribution in [0.3, 0.4) is 0 Å². The molecule has 0 aliphatic carbocycles. The molecule has 0 aliphatic rings. The van der Waals surface area contributed by atoms with Crippen LogP contribution in [-0.2, 0) is 6.54 Å². The second-order valence-corrected chi connectivity index (χ2v) is 5.33. The SMILES string of the molecule is O=C(Nc1ccc(F)cc1F)c1ccc(NCc2ccccc2F)nn1. The summed E-state index contributed by atoms with van der Waals surface area (Å²) in [6, 6.07) is 12.0. The van der Waals surface area contributed by atoms with Crippen LogP contribution < -0.4 is 10.6 Å². The number of carbonyl (C=O) groups excluding carboxylic acids is 1. The normalized spacial score (nSPS) is 10.4. The lowest BCUT2D eigenvalue weighted by Gasteiger charge is -2.08. The van der Waals surface area contributed by atoms with Gasteiger partial charge in [-0.2, -0.15) is 0 Å². The van der Waals surface area contributed by atoms with Gasteiger partial charge in [0.1, 0.15) is 23.3 Å². The summed E-state index contributed by atoms with van der Waals surface area (Å²) in [5.74, 6) is -2.33. The van der Waals surface area contributed by atoms with E-state index in [-0.39, 0.29) is 23.7 Å². The van der Waals surface area contributed by atoms with E-state index in [9.17, 15) is 18.0 Å². The molecule has 0 radical (unpaired) electrons. The van der Waals surface area contributed by atoms with Crippen LogP contribution in [0.15, 0.2) is 54.6 Å². The number of carbonyl (C=O) groups is 1. The third-order valence-electron chi connectivity index (χ3n) is 3.49. The Morgan fingerprint density at radius 1 is 0.923 bits per heavy atom. The minimum absolute atomic E-state index is 0.0508. The van der Waals surface area contributed by atoms with Crippen molar-refractivity contribution >= 4 is 17.4 Å². The van der Waals surface area contributed by atoms with Gasteiger partial charge in [0.25, 0.3) is 5.91 Å². The number of hydrogen-bond acceptors (Lipinski definition) is 4. The predicted octanol–water partition coefficient (Wildman–Crippen LogP) is 3.76. The highest BCUT2D eigenvalue weighted by Gasteiger charge is 2.12. The molecule has 5 nitrogen and oxygen atoms in total. The van der Waals surface area contributed by atoms with E-state index in [0.717, 1.165) is 12.1 Å². The molecule has 2 aromatic carbocycles. The standard InChI is InChI=1S/C18H13F3N4O/c19-12-5-6-15(14(21)9-12)23-18(26)16-7-8-17(25-24-16)22-10-11-3-1-2-4-13(11)20/h1-9H,10H2,(H,22,25)(H,23,26). The molecular formula is C18H13F3N4O. The second kappa shape index (κ2) is 7.64. The summed E-state index contributed by atoms with van der Waals surface area (Å²) in [6.45, 7) is 0.202. The molecule has 0 spiro atoms. The van der Waals surface area contributed by atoms with Gasteiger partial charge in [-0.15, -0.1) is 10.2 Å².